The van der Waals surface area contributed by atoms with Gasteiger partial charge in [-0.3, -0.25) is 9.35 Å². The summed E-state index contributed by atoms with van der Waals surface area (Å²) in [5.41, 5.74) is 0. The molecule has 1 saturated heterocycles. The van der Waals surface area contributed by atoms with Crippen molar-refractivity contribution < 1.29 is 56.2 Å². The van der Waals surface area contributed by atoms with E-state index in [2.05, 4.69) is 54.5 Å². The average Bonchev–Trinajstić information content (AvgIpc) is 3.27. The van der Waals surface area contributed by atoms with Gasteiger partial charge in [0.25, 0.3) is 0 Å². The first kappa shape index (κ1) is 60.3. The molecule has 1 aliphatic heterocycles. The monoisotopic (exact) mass is 931 g/mol. The van der Waals surface area contributed by atoms with Crippen molar-refractivity contribution in [3.05, 3.63) is 36.5 Å². The van der Waals surface area contributed by atoms with Crippen LogP contribution in [0.15, 0.2) is 36.5 Å². The molecule has 0 amide bonds. The van der Waals surface area contributed by atoms with Gasteiger partial charge in [-0.15, -0.1) is 0 Å². The number of esters is 1. The van der Waals surface area contributed by atoms with Crippen LogP contribution in [0.5, 0.6) is 0 Å². The van der Waals surface area contributed by atoms with E-state index in [4.69, 9.17) is 18.9 Å². The Bertz CT molecular complexity index is 1260. The molecule has 4 N–H and O–H groups in total. The van der Waals surface area contributed by atoms with E-state index in [1.165, 1.54) is 128 Å². The highest BCUT2D eigenvalue weighted by Crippen LogP contribution is 2.26. The Balaban J connectivity index is 2.35. The van der Waals surface area contributed by atoms with Crippen LogP contribution in [0.2, 0.25) is 0 Å². The van der Waals surface area contributed by atoms with Gasteiger partial charge < -0.3 is 34.3 Å². The van der Waals surface area contributed by atoms with E-state index in [1.54, 1.807) is 0 Å². The molecular weight excluding hydrogens is 837 g/mol. The van der Waals surface area contributed by atoms with Crippen molar-refractivity contribution in [3.8, 4) is 0 Å². The minimum Gasteiger partial charge on any atom is -0.457 e. The van der Waals surface area contributed by atoms with Crippen LogP contribution in [0.4, 0.5) is 0 Å². The van der Waals surface area contributed by atoms with Crippen molar-refractivity contribution in [2.45, 2.75) is 256 Å². The molecule has 6 atom stereocenters. The van der Waals surface area contributed by atoms with E-state index in [-0.39, 0.29) is 19.6 Å². The lowest BCUT2D eigenvalue weighted by Gasteiger charge is -2.41. The summed E-state index contributed by atoms with van der Waals surface area (Å²) in [5, 5.41) is 30.7. The molecule has 1 rings (SSSR count). The molecule has 376 valence electrons. The molecule has 0 aromatic heterocycles. The zero-order valence-corrected chi connectivity index (χ0v) is 41.2. The zero-order valence-electron chi connectivity index (χ0n) is 40.3. The molecule has 13 heteroatoms. The highest BCUT2D eigenvalue weighted by molar-refractivity contribution is 7.80. The first-order valence-electron chi connectivity index (χ1n) is 25.7. The first-order valence-corrected chi connectivity index (χ1v) is 27.1. The van der Waals surface area contributed by atoms with Gasteiger partial charge in [0.1, 0.15) is 30.5 Å². The molecule has 0 saturated carbocycles. The number of rotatable bonds is 45. The van der Waals surface area contributed by atoms with Crippen molar-refractivity contribution in [3.63, 3.8) is 0 Å². The summed E-state index contributed by atoms with van der Waals surface area (Å²) in [6.45, 7) is 3.96. The molecule has 1 fully saturated rings. The van der Waals surface area contributed by atoms with Crippen molar-refractivity contribution in [1.82, 2.24) is 0 Å². The summed E-state index contributed by atoms with van der Waals surface area (Å²) in [4.78, 5) is 12.9. The molecule has 64 heavy (non-hydrogen) atoms. The van der Waals surface area contributed by atoms with Crippen molar-refractivity contribution in [2.75, 3.05) is 26.4 Å². The van der Waals surface area contributed by atoms with Gasteiger partial charge in [0.05, 0.1) is 19.8 Å². The lowest BCUT2D eigenvalue weighted by Crippen LogP contribution is -2.60. The van der Waals surface area contributed by atoms with Gasteiger partial charge in [0.15, 0.2) is 6.29 Å². The number of ether oxygens (including phenoxy) is 4. The maximum Gasteiger partial charge on any atom is 0.397 e. The SMILES string of the molecule is CCCCC/C=C\C/C=C\CCCCCCCC(=O)OC(COCCCCCCCCCCCC/C=C\CCCCCCCCCC)COC1OC(CO)C(O)C(OS(=O)(=O)O)C1O. The lowest BCUT2D eigenvalue weighted by molar-refractivity contribution is -0.301. The molecule has 1 aliphatic rings. The third kappa shape index (κ3) is 35.5. The molecule has 1 heterocycles. The Kier molecular flexibility index (Phi) is 40.2. The molecule has 0 radical (unpaired) electrons. The minimum absolute atomic E-state index is 0.0305. The van der Waals surface area contributed by atoms with E-state index in [1.807, 2.05) is 0 Å². The second kappa shape index (κ2) is 42.7. The lowest BCUT2D eigenvalue weighted by atomic mass is 9.99. The van der Waals surface area contributed by atoms with Gasteiger partial charge in [-0.1, -0.05) is 179 Å². The van der Waals surface area contributed by atoms with Crippen molar-refractivity contribution in [2.24, 2.45) is 0 Å². The molecule has 0 spiro atoms. The highest BCUT2D eigenvalue weighted by atomic mass is 32.3. The Hall–Kier alpha value is -1.68. The van der Waals surface area contributed by atoms with Gasteiger partial charge in [-0.25, -0.2) is 4.18 Å². The summed E-state index contributed by atoms with van der Waals surface area (Å²) in [5.74, 6) is -0.412. The van der Waals surface area contributed by atoms with E-state index in [9.17, 15) is 33.1 Å². The first-order chi connectivity index (χ1) is 31.1. The van der Waals surface area contributed by atoms with Gasteiger partial charge in [0.2, 0.25) is 0 Å². The van der Waals surface area contributed by atoms with Crippen LogP contribution in [-0.4, -0.2) is 97.5 Å². The van der Waals surface area contributed by atoms with E-state index in [0.717, 1.165) is 64.2 Å². The van der Waals surface area contributed by atoms with Gasteiger partial charge in [0, 0.05) is 13.0 Å². The van der Waals surface area contributed by atoms with E-state index < -0.39 is 59.8 Å². The van der Waals surface area contributed by atoms with Gasteiger partial charge in [-0.2, -0.15) is 8.42 Å². The number of hydrogen-bond donors (Lipinski definition) is 4. The summed E-state index contributed by atoms with van der Waals surface area (Å²) >= 11 is 0. The van der Waals surface area contributed by atoms with Crippen LogP contribution >= 0.6 is 0 Å². The fraction of sp³-hybridized carbons (Fsp3) is 0.863. The summed E-state index contributed by atoms with van der Waals surface area (Å²) in [6, 6.07) is 0. The molecule has 0 aliphatic carbocycles. The maximum absolute atomic E-state index is 12.9. The molecule has 6 unspecified atom stereocenters. The van der Waals surface area contributed by atoms with Gasteiger partial charge >= 0.3 is 16.4 Å². The number of unbranched alkanes of at least 4 members (excludes halogenated alkanes) is 26. The van der Waals surface area contributed by atoms with Crippen LogP contribution in [-0.2, 0) is 38.3 Å². The average molecular weight is 931 g/mol. The minimum atomic E-state index is -5.07. The fourth-order valence-electron chi connectivity index (χ4n) is 7.82. The molecule has 0 bridgehead atoms. The summed E-state index contributed by atoms with van der Waals surface area (Å²) in [7, 11) is -5.07. The topological polar surface area (TPSA) is 178 Å². The van der Waals surface area contributed by atoms with Gasteiger partial charge in [-0.05, 0) is 70.6 Å². The van der Waals surface area contributed by atoms with Crippen LogP contribution in [0.3, 0.4) is 0 Å². The van der Waals surface area contributed by atoms with E-state index >= 15 is 0 Å². The molecule has 0 aromatic rings. The number of aliphatic hydroxyl groups is 3. The van der Waals surface area contributed by atoms with E-state index in [0.29, 0.717) is 13.0 Å². The van der Waals surface area contributed by atoms with Crippen LogP contribution in [0, 0.1) is 0 Å². The Labute approximate surface area is 390 Å². The van der Waals surface area contributed by atoms with Crippen molar-refractivity contribution >= 4 is 16.4 Å². The number of allylic oxidation sites excluding steroid dienone is 6. The molecule has 12 nitrogen and oxygen atoms in total. The number of carbonyl (C=O) groups is 1. The molecular formula is C51H94O12S. The van der Waals surface area contributed by atoms with Crippen molar-refractivity contribution in [1.29, 1.82) is 0 Å². The largest absolute Gasteiger partial charge is 0.457 e. The predicted octanol–water partition coefficient (Wildman–Crippen LogP) is 11.7. The standard InChI is InChI=1S/C51H94O12S/c1-3-5-7-9-11-13-15-17-19-20-21-22-23-24-25-27-29-31-33-35-37-39-41-59-43-45(44-60-51-49(55)50(63-64(56,57)58)48(54)46(42-52)62-51)61-47(53)40-38-36-34-32-30-28-26-18-16-14-12-10-8-6-4-2/h12,14,18,20-21,26,45-46,48-52,54-55H,3-11,13,15-17,19,22-25,27-44H2,1-2H3,(H,56,57,58)/b14-12-,21-20-,26-18-. The fourth-order valence-corrected chi connectivity index (χ4v) is 8.32. The number of hydrogen-bond acceptors (Lipinski definition) is 11. The molecule has 0 aromatic carbocycles. The second-order valence-electron chi connectivity index (χ2n) is 17.8. The summed E-state index contributed by atoms with van der Waals surface area (Å²) in [6.07, 6.45) is 41.8. The quantitative estimate of drug-likeness (QED) is 0.0197. The smallest absolute Gasteiger partial charge is 0.397 e. The third-order valence-electron chi connectivity index (χ3n) is 11.7. The Morgan fingerprint density at radius 3 is 1.53 bits per heavy atom. The maximum atomic E-state index is 12.9. The predicted molar refractivity (Wildman–Crippen MR) is 257 cm³/mol. The Morgan fingerprint density at radius 1 is 0.594 bits per heavy atom. The van der Waals surface area contributed by atoms with Crippen LogP contribution in [0.1, 0.15) is 219 Å². The van der Waals surface area contributed by atoms with Crippen LogP contribution in [0.25, 0.3) is 0 Å². The highest BCUT2D eigenvalue weighted by Gasteiger charge is 2.48. The zero-order chi connectivity index (χ0) is 46.8. The number of carbonyl (C=O) groups excluding carboxylic acids is 1. The third-order valence-corrected chi connectivity index (χ3v) is 12.2. The second-order valence-corrected chi connectivity index (χ2v) is 18.8. The summed E-state index contributed by atoms with van der Waals surface area (Å²) < 4.78 is 59.2. The Morgan fingerprint density at radius 2 is 1.03 bits per heavy atom. The number of aliphatic hydroxyl groups excluding tert-OH is 3. The van der Waals surface area contributed by atoms with Crippen LogP contribution < -0.4 is 0 Å². The normalized spacial score (nSPS) is 20.0.